The maximum atomic E-state index is 12.1. The van der Waals surface area contributed by atoms with Gasteiger partial charge >= 0.3 is 12.0 Å². The van der Waals surface area contributed by atoms with Gasteiger partial charge in [-0.15, -0.1) is 0 Å². The van der Waals surface area contributed by atoms with Crippen LogP contribution in [-0.4, -0.2) is 52.1 Å². The molecule has 3 atom stereocenters. The van der Waals surface area contributed by atoms with Crippen molar-refractivity contribution >= 4 is 23.8 Å². The van der Waals surface area contributed by atoms with Gasteiger partial charge in [-0.05, 0) is 12.3 Å². The molecule has 6 heteroatoms. The Morgan fingerprint density at radius 2 is 2.16 bits per heavy atom. The van der Waals surface area contributed by atoms with Gasteiger partial charge in [0.15, 0.2) is 0 Å². The van der Waals surface area contributed by atoms with Crippen LogP contribution in [0.25, 0.3) is 0 Å². The number of nitrogens with one attached hydrogen (secondary N) is 1. The number of aliphatic carboxylic acids is 1. The molecule has 1 heterocycles. The number of carboxylic acids is 1. The van der Waals surface area contributed by atoms with E-state index in [-0.39, 0.29) is 11.9 Å². The van der Waals surface area contributed by atoms with Gasteiger partial charge in [-0.3, -0.25) is 0 Å². The van der Waals surface area contributed by atoms with Gasteiger partial charge in [-0.1, -0.05) is 27.2 Å². The van der Waals surface area contributed by atoms with E-state index in [1.165, 1.54) is 0 Å². The zero-order chi connectivity index (χ0) is 14.4. The maximum absolute atomic E-state index is 12.1. The quantitative estimate of drug-likeness (QED) is 0.812. The number of hydrogen-bond donors (Lipinski definition) is 2. The van der Waals surface area contributed by atoms with E-state index in [1.807, 2.05) is 25.6 Å². The van der Waals surface area contributed by atoms with Crippen LogP contribution < -0.4 is 5.32 Å². The summed E-state index contributed by atoms with van der Waals surface area (Å²) in [7, 11) is 0. The summed E-state index contributed by atoms with van der Waals surface area (Å²) in [4.78, 5) is 25.1. The average Bonchev–Trinajstić information content (AvgIpc) is 2.43. The zero-order valence-electron chi connectivity index (χ0n) is 11.9. The van der Waals surface area contributed by atoms with Crippen LogP contribution in [0.2, 0.25) is 0 Å². The van der Waals surface area contributed by atoms with Crippen molar-refractivity contribution < 1.29 is 14.7 Å². The van der Waals surface area contributed by atoms with Crippen LogP contribution in [0.5, 0.6) is 0 Å². The molecular weight excluding hydrogens is 264 g/mol. The first kappa shape index (κ1) is 16.1. The van der Waals surface area contributed by atoms with Crippen LogP contribution in [-0.2, 0) is 4.79 Å². The SMILES string of the molecule is CCC1CN(C(=O)N[C@H](C(=O)O)[C@@H](C)CC)CCS1. The molecule has 2 amide bonds. The Kier molecular flexibility index (Phi) is 6.48. The van der Waals surface area contributed by atoms with Gasteiger partial charge in [0.05, 0.1) is 0 Å². The summed E-state index contributed by atoms with van der Waals surface area (Å²) in [5.74, 6) is -0.101. The number of nitrogens with zero attached hydrogens (tertiary/aromatic N) is 1. The van der Waals surface area contributed by atoms with Crippen LogP contribution in [0, 0.1) is 5.92 Å². The first-order valence-electron chi connectivity index (χ1n) is 6.89. The number of carbonyl (C=O) groups excluding carboxylic acids is 1. The first-order valence-corrected chi connectivity index (χ1v) is 7.94. The summed E-state index contributed by atoms with van der Waals surface area (Å²) < 4.78 is 0. The predicted octanol–water partition coefficient (Wildman–Crippen LogP) is 2.02. The van der Waals surface area contributed by atoms with Crippen molar-refractivity contribution in [2.45, 2.75) is 44.9 Å². The summed E-state index contributed by atoms with van der Waals surface area (Å²) in [6.45, 7) is 7.29. The maximum Gasteiger partial charge on any atom is 0.326 e. The van der Waals surface area contributed by atoms with Crippen LogP contribution in [0.15, 0.2) is 0 Å². The van der Waals surface area contributed by atoms with E-state index in [0.29, 0.717) is 18.3 Å². The molecule has 110 valence electrons. The highest BCUT2D eigenvalue weighted by Crippen LogP contribution is 2.21. The number of hydrogen-bond acceptors (Lipinski definition) is 3. The van der Waals surface area contributed by atoms with Crippen molar-refractivity contribution in [3.05, 3.63) is 0 Å². The molecule has 1 rings (SSSR count). The Morgan fingerprint density at radius 1 is 1.47 bits per heavy atom. The van der Waals surface area contributed by atoms with E-state index < -0.39 is 12.0 Å². The van der Waals surface area contributed by atoms with Crippen molar-refractivity contribution in [2.24, 2.45) is 5.92 Å². The molecule has 0 aromatic rings. The summed E-state index contributed by atoms with van der Waals surface area (Å²) >= 11 is 1.88. The molecule has 19 heavy (non-hydrogen) atoms. The molecular formula is C13H24N2O3S. The summed E-state index contributed by atoms with van der Waals surface area (Å²) in [5.41, 5.74) is 0. The van der Waals surface area contributed by atoms with Gasteiger partial charge in [0.25, 0.3) is 0 Å². The fourth-order valence-electron chi connectivity index (χ4n) is 2.06. The van der Waals surface area contributed by atoms with Crippen LogP contribution >= 0.6 is 11.8 Å². The Balaban J connectivity index is 2.58. The number of amides is 2. The standard InChI is InChI=1S/C13H24N2O3S/c1-4-9(3)11(12(16)17)14-13(18)15-6-7-19-10(5-2)8-15/h9-11H,4-8H2,1-3H3,(H,14,18)(H,16,17)/t9-,10?,11-/m0/s1. The second-order valence-corrected chi connectivity index (χ2v) is 6.41. The molecule has 0 bridgehead atoms. The van der Waals surface area contributed by atoms with E-state index in [0.717, 1.165) is 18.6 Å². The first-order chi connectivity index (χ1) is 8.99. The fraction of sp³-hybridized carbons (Fsp3) is 0.846. The monoisotopic (exact) mass is 288 g/mol. The lowest BCUT2D eigenvalue weighted by atomic mass is 9.99. The van der Waals surface area contributed by atoms with Gasteiger partial charge in [0.2, 0.25) is 0 Å². The van der Waals surface area contributed by atoms with E-state index in [9.17, 15) is 14.7 Å². The molecule has 0 aliphatic carbocycles. The summed E-state index contributed by atoms with van der Waals surface area (Å²) in [6, 6.07) is -1.04. The molecule has 0 aromatic heterocycles. The predicted molar refractivity (Wildman–Crippen MR) is 77.5 cm³/mol. The van der Waals surface area contributed by atoms with Crippen LogP contribution in [0.3, 0.4) is 0 Å². The second-order valence-electron chi connectivity index (χ2n) is 5.00. The number of carboxylic acid groups (broad SMARTS) is 1. The van der Waals surface area contributed by atoms with Gasteiger partial charge in [-0.25, -0.2) is 9.59 Å². The highest BCUT2D eigenvalue weighted by Gasteiger charge is 2.29. The molecule has 5 nitrogen and oxygen atoms in total. The van der Waals surface area contributed by atoms with Gasteiger partial charge in [-0.2, -0.15) is 11.8 Å². The molecule has 1 aliphatic rings. The van der Waals surface area contributed by atoms with Crippen molar-refractivity contribution in [3.63, 3.8) is 0 Å². The topological polar surface area (TPSA) is 69.6 Å². The Bertz CT molecular complexity index is 325. The van der Waals surface area contributed by atoms with Crippen molar-refractivity contribution in [2.75, 3.05) is 18.8 Å². The minimum Gasteiger partial charge on any atom is -0.480 e. The Hall–Kier alpha value is -0.910. The average molecular weight is 288 g/mol. The molecule has 0 spiro atoms. The summed E-state index contributed by atoms with van der Waals surface area (Å²) in [5, 5.41) is 12.3. The van der Waals surface area contributed by atoms with Crippen molar-refractivity contribution in [1.82, 2.24) is 10.2 Å². The molecule has 0 saturated carbocycles. The third-order valence-electron chi connectivity index (χ3n) is 3.64. The summed E-state index contributed by atoms with van der Waals surface area (Å²) in [6.07, 6.45) is 1.76. The zero-order valence-corrected chi connectivity index (χ0v) is 12.7. The van der Waals surface area contributed by atoms with Gasteiger partial charge in [0.1, 0.15) is 6.04 Å². The lowest BCUT2D eigenvalue weighted by molar-refractivity contribution is -0.140. The van der Waals surface area contributed by atoms with Gasteiger partial charge in [0, 0.05) is 24.1 Å². The van der Waals surface area contributed by atoms with Crippen LogP contribution in [0.1, 0.15) is 33.6 Å². The van der Waals surface area contributed by atoms with Gasteiger partial charge < -0.3 is 15.3 Å². The Morgan fingerprint density at radius 3 is 2.68 bits per heavy atom. The molecule has 0 aromatic carbocycles. The highest BCUT2D eigenvalue weighted by atomic mass is 32.2. The molecule has 2 N–H and O–H groups in total. The highest BCUT2D eigenvalue weighted by molar-refractivity contribution is 8.00. The molecule has 0 radical (unpaired) electrons. The minimum atomic E-state index is -0.957. The third kappa shape index (κ3) is 4.60. The Labute approximate surface area is 119 Å². The minimum absolute atomic E-state index is 0.0670. The molecule has 1 saturated heterocycles. The lowest BCUT2D eigenvalue weighted by Crippen LogP contribution is -2.53. The van der Waals surface area contributed by atoms with E-state index in [4.69, 9.17) is 0 Å². The van der Waals surface area contributed by atoms with E-state index >= 15 is 0 Å². The third-order valence-corrected chi connectivity index (χ3v) is 5.01. The number of thioether (sulfide) groups is 1. The molecule has 1 aliphatic heterocycles. The number of rotatable bonds is 5. The van der Waals surface area contributed by atoms with Crippen molar-refractivity contribution in [1.29, 1.82) is 0 Å². The van der Waals surface area contributed by atoms with Crippen LogP contribution in [0.4, 0.5) is 4.79 Å². The number of urea groups is 1. The number of carbonyl (C=O) groups is 2. The second kappa shape index (κ2) is 7.62. The lowest BCUT2D eigenvalue weighted by Gasteiger charge is -2.33. The molecule has 1 fully saturated rings. The normalized spacial score (nSPS) is 22.7. The largest absolute Gasteiger partial charge is 0.480 e. The van der Waals surface area contributed by atoms with E-state index in [2.05, 4.69) is 12.2 Å². The fourth-order valence-corrected chi connectivity index (χ4v) is 3.24. The van der Waals surface area contributed by atoms with E-state index in [1.54, 1.807) is 4.90 Å². The van der Waals surface area contributed by atoms with Crippen molar-refractivity contribution in [3.8, 4) is 0 Å². The smallest absolute Gasteiger partial charge is 0.326 e. The molecule has 1 unspecified atom stereocenters.